The Kier molecular flexibility index (Phi) is 2.95. The number of aromatic nitrogens is 1. The van der Waals surface area contributed by atoms with E-state index in [4.69, 9.17) is 0 Å². The quantitative estimate of drug-likeness (QED) is 0.717. The molecular formula is C15H10FNO3. The van der Waals surface area contributed by atoms with Gasteiger partial charge in [0, 0.05) is 5.56 Å². The second kappa shape index (κ2) is 4.77. The molecule has 0 atom stereocenters. The Morgan fingerprint density at radius 2 is 1.70 bits per heavy atom. The molecule has 100 valence electrons. The van der Waals surface area contributed by atoms with Gasteiger partial charge in [-0.1, -0.05) is 30.3 Å². The van der Waals surface area contributed by atoms with Crippen molar-refractivity contribution in [2.75, 3.05) is 0 Å². The van der Waals surface area contributed by atoms with Gasteiger partial charge in [-0.3, -0.25) is 4.57 Å². The lowest BCUT2D eigenvalue weighted by atomic mass is 10.2. The van der Waals surface area contributed by atoms with Gasteiger partial charge in [0.05, 0.1) is 17.4 Å². The van der Waals surface area contributed by atoms with Crippen LogP contribution in [0.15, 0.2) is 62.5 Å². The van der Waals surface area contributed by atoms with Crippen LogP contribution in [0.3, 0.4) is 0 Å². The van der Waals surface area contributed by atoms with Crippen LogP contribution in [-0.2, 0) is 6.54 Å². The smallest absolute Gasteiger partial charge is 0.372 e. The van der Waals surface area contributed by atoms with Crippen molar-refractivity contribution in [3.8, 4) is 0 Å². The highest BCUT2D eigenvalue weighted by Crippen LogP contribution is 2.12. The number of benzene rings is 2. The number of hydrogen-bond donors (Lipinski definition) is 0. The molecule has 5 heteroatoms. The topological polar surface area (TPSA) is 52.2 Å². The van der Waals surface area contributed by atoms with Gasteiger partial charge >= 0.3 is 11.4 Å². The highest BCUT2D eigenvalue weighted by Gasteiger charge is 2.10. The fourth-order valence-corrected chi connectivity index (χ4v) is 2.12. The monoisotopic (exact) mass is 271 g/mol. The van der Waals surface area contributed by atoms with E-state index in [0.717, 1.165) is 0 Å². The number of halogens is 1. The molecule has 0 amide bonds. The van der Waals surface area contributed by atoms with E-state index in [2.05, 4.69) is 4.42 Å². The van der Waals surface area contributed by atoms with E-state index in [1.54, 1.807) is 42.5 Å². The predicted octanol–water partition coefficient (Wildman–Crippen LogP) is 2.14. The molecule has 0 aliphatic heterocycles. The van der Waals surface area contributed by atoms with E-state index in [1.807, 2.05) is 0 Å². The fraction of sp³-hybridized carbons (Fsp3) is 0.0667. The third-order valence-electron chi connectivity index (χ3n) is 3.10. The van der Waals surface area contributed by atoms with Gasteiger partial charge in [0.15, 0.2) is 0 Å². The molecule has 20 heavy (non-hydrogen) atoms. The van der Waals surface area contributed by atoms with Crippen LogP contribution in [0, 0.1) is 5.82 Å². The molecule has 0 aliphatic carbocycles. The second-order valence-corrected chi connectivity index (χ2v) is 4.35. The van der Waals surface area contributed by atoms with Crippen molar-refractivity contribution in [1.82, 2.24) is 4.57 Å². The fourth-order valence-electron chi connectivity index (χ4n) is 2.12. The van der Waals surface area contributed by atoms with Crippen LogP contribution in [0.25, 0.3) is 10.9 Å². The van der Waals surface area contributed by atoms with Gasteiger partial charge in [0.1, 0.15) is 5.82 Å². The third kappa shape index (κ3) is 2.03. The molecule has 1 heterocycles. The predicted molar refractivity (Wildman–Crippen MR) is 72.2 cm³/mol. The van der Waals surface area contributed by atoms with Gasteiger partial charge in [0.25, 0.3) is 0 Å². The standard InChI is InChI=1S/C15H10FNO3/c16-12-7-3-1-5-10(12)9-17-13-8-4-2-6-11(13)14(18)20-15(17)19/h1-8H,9H2. The van der Waals surface area contributed by atoms with E-state index in [9.17, 15) is 14.0 Å². The van der Waals surface area contributed by atoms with Gasteiger partial charge in [-0.25, -0.2) is 14.0 Å². The Balaban J connectivity index is 2.25. The average molecular weight is 271 g/mol. The van der Waals surface area contributed by atoms with E-state index >= 15 is 0 Å². The number of hydrogen-bond acceptors (Lipinski definition) is 3. The minimum absolute atomic E-state index is 0.00972. The molecule has 2 aromatic carbocycles. The van der Waals surface area contributed by atoms with Gasteiger partial charge in [-0.05, 0) is 18.2 Å². The van der Waals surface area contributed by atoms with Crippen molar-refractivity contribution in [2.24, 2.45) is 0 Å². The first-order valence-electron chi connectivity index (χ1n) is 6.03. The summed E-state index contributed by atoms with van der Waals surface area (Å²) in [5.74, 6) is -1.20. The Morgan fingerprint density at radius 3 is 2.50 bits per heavy atom. The highest BCUT2D eigenvalue weighted by molar-refractivity contribution is 5.77. The summed E-state index contributed by atoms with van der Waals surface area (Å²) in [5.41, 5.74) is 0.0981. The first-order chi connectivity index (χ1) is 9.66. The molecule has 0 spiro atoms. The Hall–Kier alpha value is -2.69. The van der Waals surface area contributed by atoms with Gasteiger partial charge in [-0.2, -0.15) is 0 Å². The van der Waals surface area contributed by atoms with E-state index < -0.39 is 17.2 Å². The van der Waals surface area contributed by atoms with Crippen LogP contribution >= 0.6 is 0 Å². The molecule has 3 aromatic rings. The zero-order valence-corrected chi connectivity index (χ0v) is 10.4. The second-order valence-electron chi connectivity index (χ2n) is 4.35. The summed E-state index contributed by atoms with van der Waals surface area (Å²) in [5, 5.41) is 0.295. The maximum absolute atomic E-state index is 13.7. The van der Waals surface area contributed by atoms with E-state index in [0.29, 0.717) is 16.5 Å². The summed E-state index contributed by atoms with van der Waals surface area (Å²) in [6.07, 6.45) is 0. The third-order valence-corrected chi connectivity index (χ3v) is 3.10. The zero-order valence-electron chi connectivity index (χ0n) is 10.4. The minimum Gasteiger partial charge on any atom is -0.372 e. The van der Waals surface area contributed by atoms with E-state index in [-0.39, 0.29) is 6.54 Å². The summed E-state index contributed by atoms with van der Waals surface area (Å²) in [6, 6.07) is 12.8. The molecule has 3 rings (SSSR count). The number of para-hydroxylation sites is 1. The minimum atomic E-state index is -0.794. The summed E-state index contributed by atoms with van der Waals surface area (Å²) in [6.45, 7) is 0.00972. The van der Waals surface area contributed by atoms with Crippen LogP contribution in [0.4, 0.5) is 4.39 Å². The van der Waals surface area contributed by atoms with Gasteiger partial charge in [0.2, 0.25) is 0 Å². The molecule has 1 aromatic heterocycles. The van der Waals surface area contributed by atoms with Crippen molar-refractivity contribution >= 4 is 10.9 Å². The molecule has 0 N–H and O–H groups in total. The Morgan fingerprint density at radius 1 is 1.00 bits per heavy atom. The number of nitrogens with zero attached hydrogens (tertiary/aromatic N) is 1. The Labute approximate surface area is 112 Å². The molecule has 0 saturated heterocycles. The van der Waals surface area contributed by atoms with Crippen LogP contribution < -0.4 is 11.4 Å². The summed E-state index contributed by atoms with van der Waals surface area (Å²) < 4.78 is 19.6. The lowest BCUT2D eigenvalue weighted by molar-refractivity contribution is 0.423. The van der Waals surface area contributed by atoms with Crippen molar-refractivity contribution < 1.29 is 8.81 Å². The van der Waals surface area contributed by atoms with Crippen molar-refractivity contribution in [1.29, 1.82) is 0 Å². The lowest BCUT2D eigenvalue weighted by Crippen LogP contribution is -2.25. The van der Waals surface area contributed by atoms with Crippen molar-refractivity contribution in [2.45, 2.75) is 6.54 Å². The van der Waals surface area contributed by atoms with Crippen LogP contribution in [0.2, 0.25) is 0 Å². The first kappa shape index (κ1) is 12.3. The molecule has 0 radical (unpaired) electrons. The van der Waals surface area contributed by atoms with Crippen LogP contribution in [0.5, 0.6) is 0 Å². The zero-order chi connectivity index (χ0) is 14.1. The van der Waals surface area contributed by atoms with Crippen molar-refractivity contribution in [3.63, 3.8) is 0 Å². The maximum atomic E-state index is 13.7. The summed E-state index contributed by atoms with van der Waals surface area (Å²) in [4.78, 5) is 23.5. The van der Waals surface area contributed by atoms with Gasteiger partial charge in [-0.15, -0.1) is 0 Å². The summed E-state index contributed by atoms with van der Waals surface area (Å²) >= 11 is 0. The van der Waals surface area contributed by atoms with Crippen LogP contribution in [-0.4, -0.2) is 4.57 Å². The molecule has 0 bridgehead atoms. The SMILES string of the molecule is O=c1oc(=O)n(Cc2ccccc2F)c2ccccc12. The Bertz CT molecular complexity index is 895. The van der Waals surface area contributed by atoms with Gasteiger partial charge < -0.3 is 4.42 Å². The normalized spacial score (nSPS) is 10.8. The molecule has 4 nitrogen and oxygen atoms in total. The van der Waals surface area contributed by atoms with Crippen LogP contribution in [0.1, 0.15) is 5.56 Å². The van der Waals surface area contributed by atoms with Crippen molar-refractivity contribution in [3.05, 3.63) is 80.9 Å². The number of fused-ring (bicyclic) bond motifs is 1. The average Bonchev–Trinajstić information content (AvgIpc) is 2.45. The number of rotatable bonds is 2. The molecule has 0 unspecified atom stereocenters. The summed E-state index contributed by atoms with van der Waals surface area (Å²) in [7, 11) is 0. The largest absolute Gasteiger partial charge is 0.422 e. The lowest BCUT2D eigenvalue weighted by Gasteiger charge is -2.08. The molecular weight excluding hydrogens is 261 g/mol. The maximum Gasteiger partial charge on any atom is 0.422 e. The molecule has 0 fully saturated rings. The molecule has 0 aliphatic rings. The molecule has 0 saturated carbocycles. The van der Waals surface area contributed by atoms with E-state index in [1.165, 1.54) is 10.6 Å². The highest BCUT2D eigenvalue weighted by atomic mass is 19.1. The first-order valence-corrected chi connectivity index (χ1v) is 6.03.